The molecule has 20 heavy (non-hydrogen) atoms. The van der Waals surface area contributed by atoms with Gasteiger partial charge in [-0.05, 0) is 50.4 Å². The topological polar surface area (TPSA) is 35.5 Å². The van der Waals surface area contributed by atoms with Crippen molar-refractivity contribution in [3.05, 3.63) is 29.8 Å². The Hall–Kier alpha value is -0.480. The van der Waals surface area contributed by atoms with Gasteiger partial charge >= 0.3 is 0 Å². The van der Waals surface area contributed by atoms with Crippen LogP contribution >= 0.6 is 24.8 Å². The number of benzene rings is 1. The smallest absolute Gasteiger partial charge is 0.0845 e. The number of aliphatic hydroxyl groups is 1. The highest BCUT2D eigenvalue weighted by Gasteiger charge is 2.32. The lowest BCUT2D eigenvalue weighted by Gasteiger charge is -2.40. The molecule has 0 unspecified atom stereocenters. The molecule has 2 aliphatic heterocycles. The van der Waals surface area contributed by atoms with Gasteiger partial charge < -0.3 is 15.3 Å². The Kier molecular flexibility index (Phi) is 6.59. The van der Waals surface area contributed by atoms with Gasteiger partial charge in [0.15, 0.2) is 0 Å². The second kappa shape index (κ2) is 7.51. The second-order valence-electron chi connectivity index (χ2n) is 5.63. The number of aryl methyl sites for hydroxylation is 1. The van der Waals surface area contributed by atoms with E-state index in [-0.39, 0.29) is 24.8 Å². The molecule has 1 aromatic carbocycles. The van der Waals surface area contributed by atoms with Crippen LogP contribution in [0.3, 0.4) is 0 Å². The van der Waals surface area contributed by atoms with E-state index in [1.807, 2.05) is 0 Å². The van der Waals surface area contributed by atoms with Crippen LogP contribution in [-0.2, 0) is 6.42 Å². The van der Waals surface area contributed by atoms with Crippen LogP contribution in [0.4, 0.5) is 5.69 Å². The van der Waals surface area contributed by atoms with Crippen molar-refractivity contribution in [2.24, 2.45) is 0 Å². The van der Waals surface area contributed by atoms with Crippen LogP contribution in [0.2, 0.25) is 0 Å². The van der Waals surface area contributed by atoms with E-state index in [0.717, 1.165) is 39.0 Å². The fourth-order valence-electron chi connectivity index (χ4n) is 3.18. The molecule has 0 radical (unpaired) electrons. The fraction of sp³-hybridized carbons (Fsp3) is 0.600. The van der Waals surface area contributed by atoms with E-state index in [0.29, 0.717) is 0 Å². The van der Waals surface area contributed by atoms with Crippen LogP contribution in [0.5, 0.6) is 0 Å². The van der Waals surface area contributed by atoms with Crippen molar-refractivity contribution in [2.75, 3.05) is 31.1 Å². The average Bonchev–Trinajstić information content (AvgIpc) is 2.40. The van der Waals surface area contributed by atoms with E-state index >= 15 is 0 Å². The zero-order valence-electron chi connectivity index (χ0n) is 11.7. The summed E-state index contributed by atoms with van der Waals surface area (Å²) in [4.78, 5) is 2.38. The Morgan fingerprint density at radius 1 is 1.15 bits per heavy atom. The molecule has 0 atom stereocenters. The Bertz CT molecular complexity index is 422. The first kappa shape index (κ1) is 17.6. The summed E-state index contributed by atoms with van der Waals surface area (Å²) >= 11 is 0. The minimum Gasteiger partial charge on any atom is -0.388 e. The standard InChI is InChI=1S/C15H22N2O.2ClH/c18-15(7-9-16-10-8-15)12-17-11-3-5-13-4-1-2-6-14(13)17;;/h1-2,4,6,16,18H,3,5,7-12H2;2*1H. The van der Waals surface area contributed by atoms with Crippen LogP contribution in [0, 0.1) is 0 Å². The third kappa shape index (κ3) is 3.79. The van der Waals surface area contributed by atoms with Gasteiger partial charge in [-0.3, -0.25) is 0 Å². The molecule has 0 bridgehead atoms. The highest BCUT2D eigenvalue weighted by molar-refractivity contribution is 5.85. The third-order valence-corrected chi connectivity index (χ3v) is 4.23. The van der Waals surface area contributed by atoms with E-state index in [1.54, 1.807) is 0 Å². The summed E-state index contributed by atoms with van der Waals surface area (Å²) in [6.07, 6.45) is 4.11. The lowest BCUT2D eigenvalue weighted by Crippen LogP contribution is -2.50. The summed E-state index contributed by atoms with van der Waals surface area (Å²) in [6, 6.07) is 8.62. The number of β-amino-alcohol motifs (C(OH)–C–C–N with tert-alkyl or cyclic N) is 1. The van der Waals surface area contributed by atoms with Gasteiger partial charge in [0.05, 0.1) is 5.60 Å². The maximum atomic E-state index is 10.7. The first-order valence-electron chi connectivity index (χ1n) is 7.03. The molecular formula is C15H24Cl2N2O. The van der Waals surface area contributed by atoms with Gasteiger partial charge in [0.2, 0.25) is 0 Å². The quantitative estimate of drug-likeness (QED) is 0.879. The van der Waals surface area contributed by atoms with E-state index in [9.17, 15) is 5.11 Å². The average molecular weight is 319 g/mol. The molecular weight excluding hydrogens is 295 g/mol. The highest BCUT2D eigenvalue weighted by atomic mass is 35.5. The molecule has 1 saturated heterocycles. The van der Waals surface area contributed by atoms with Gasteiger partial charge in [-0.1, -0.05) is 18.2 Å². The zero-order chi connectivity index (χ0) is 12.4. The largest absolute Gasteiger partial charge is 0.388 e. The van der Waals surface area contributed by atoms with Crippen molar-refractivity contribution in [3.8, 4) is 0 Å². The molecule has 2 N–H and O–H groups in total. The summed E-state index contributed by atoms with van der Waals surface area (Å²) in [7, 11) is 0. The summed E-state index contributed by atoms with van der Waals surface area (Å²) in [6.45, 7) is 3.73. The van der Waals surface area contributed by atoms with Crippen LogP contribution in [-0.4, -0.2) is 36.9 Å². The molecule has 0 aromatic heterocycles. The van der Waals surface area contributed by atoms with Crippen LogP contribution in [0.15, 0.2) is 24.3 Å². The number of rotatable bonds is 2. The Morgan fingerprint density at radius 3 is 2.60 bits per heavy atom. The van der Waals surface area contributed by atoms with E-state index in [1.165, 1.54) is 24.1 Å². The van der Waals surface area contributed by atoms with Crippen molar-refractivity contribution in [1.82, 2.24) is 5.32 Å². The van der Waals surface area contributed by atoms with Crippen molar-refractivity contribution in [2.45, 2.75) is 31.3 Å². The molecule has 0 saturated carbocycles. The number of fused-ring (bicyclic) bond motifs is 1. The highest BCUT2D eigenvalue weighted by Crippen LogP contribution is 2.30. The predicted octanol–water partition coefficient (Wildman–Crippen LogP) is 2.40. The Balaban J connectivity index is 0.000001000. The molecule has 3 rings (SSSR count). The van der Waals surface area contributed by atoms with Crippen molar-refractivity contribution >= 4 is 30.5 Å². The molecule has 2 aliphatic rings. The van der Waals surface area contributed by atoms with E-state index < -0.39 is 5.60 Å². The maximum absolute atomic E-state index is 10.7. The zero-order valence-corrected chi connectivity index (χ0v) is 13.3. The molecule has 0 aliphatic carbocycles. The van der Waals surface area contributed by atoms with E-state index in [2.05, 4.69) is 34.5 Å². The summed E-state index contributed by atoms with van der Waals surface area (Å²) in [5.41, 5.74) is 2.26. The first-order chi connectivity index (χ1) is 8.77. The molecule has 1 aromatic rings. The fourth-order valence-corrected chi connectivity index (χ4v) is 3.18. The lowest BCUT2D eigenvalue weighted by molar-refractivity contribution is 0.0171. The molecule has 5 heteroatoms. The summed E-state index contributed by atoms with van der Waals surface area (Å²) in [5, 5.41) is 14.0. The number of nitrogens with zero attached hydrogens (tertiary/aromatic N) is 1. The number of anilines is 1. The number of halogens is 2. The molecule has 3 nitrogen and oxygen atoms in total. The Morgan fingerprint density at radius 2 is 1.85 bits per heavy atom. The summed E-state index contributed by atoms with van der Waals surface area (Å²) in [5.74, 6) is 0. The maximum Gasteiger partial charge on any atom is 0.0845 e. The van der Waals surface area contributed by atoms with Crippen LogP contribution < -0.4 is 10.2 Å². The lowest BCUT2D eigenvalue weighted by atomic mass is 9.90. The molecule has 114 valence electrons. The first-order valence-corrected chi connectivity index (χ1v) is 7.03. The Labute approximate surface area is 133 Å². The second-order valence-corrected chi connectivity index (χ2v) is 5.63. The van der Waals surface area contributed by atoms with Gasteiger partial charge in [-0.15, -0.1) is 24.8 Å². The van der Waals surface area contributed by atoms with Crippen molar-refractivity contribution < 1.29 is 5.11 Å². The molecule has 0 amide bonds. The minimum absolute atomic E-state index is 0. The van der Waals surface area contributed by atoms with E-state index in [4.69, 9.17) is 0 Å². The molecule has 1 fully saturated rings. The van der Waals surface area contributed by atoms with Gasteiger partial charge in [0, 0.05) is 18.8 Å². The van der Waals surface area contributed by atoms with Crippen molar-refractivity contribution in [3.63, 3.8) is 0 Å². The van der Waals surface area contributed by atoms with Gasteiger partial charge in [0.1, 0.15) is 0 Å². The van der Waals surface area contributed by atoms with Crippen molar-refractivity contribution in [1.29, 1.82) is 0 Å². The van der Waals surface area contributed by atoms with Crippen LogP contribution in [0.25, 0.3) is 0 Å². The number of hydrogen-bond acceptors (Lipinski definition) is 3. The normalized spacial score (nSPS) is 20.4. The van der Waals surface area contributed by atoms with Crippen LogP contribution in [0.1, 0.15) is 24.8 Å². The van der Waals surface area contributed by atoms with Gasteiger partial charge in [0.25, 0.3) is 0 Å². The number of nitrogens with one attached hydrogen (secondary N) is 1. The number of para-hydroxylation sites is 1. The predicted molar refractivity (Wildman–Crippen MR) is 88.5 cm³/mol. The minimum atomic E-state index is -0.504. The van der Waals surface area contributed by atoms with Gasteiger partial charge in [-0.2, -0.15) is 0 Å². The molecule has 0 spiro atoms. The number of hydrogen-bond donors (Lipinski definition) is 2. The number of piperidine rings is 1. The summed E-state index contributed by atoms with van der Waals surface area (Å²) < 4.78 is 0. The van der Waals surface area contributed by atoms with Gasteiger partial charge in [-0.25, -0.2) is 0 Å². The molecule has 2 heterocycles. The third-order valence-electron chi connectivity index (χ3n) is 4.23. The SMILES string of the molecule is Cl.Cl.OC1(CN2CCCc3ccccc32)CCNCC1. The monoisotopic (exact) mass is 318 g/mol.